The van der Waals surface area contributed by atoms with Crippen LogP contribution < -0.4 is 11.1 Å². The van der Waals surface area contributed by atoms with Crippen LogP contribution in [0.2, 0.25) is 0 Å². The quantitative estimate of drug-likeness (QED) is 0.825. The number of nitrogens with one attached hydrogen (secondary N) is 1. The molecule has 0 radical (unpaired) electrons. The molecule has 0 heterocycles. The number of para-hydroxylation sites is 1. The van der Waals surface area contributed by atoms with E-state index in [2.05, 4.69) is 5.32 Å². The maximum Gasteiger partial charge on any atom is 0.237 e. The summed E-state index contributed by atoms with van der Waals surface area (Å²) in [5.41, 5.74) is 7.75. The highest BCUT2D eigenvalue weighted by atomic mass is 32.2. The molecule has 0 aliphatic heterocycles. The Kier molecular flexibility index (Phi) is 5.42. The van der Waals surface area contributed by atoms with E-state index in [1.807, 2.05) is 68.4 Å². The van der Waals surface area contributed by atoms with Crippen molar-refractivity contribution < 1.29 is 4.79 Å². The van der Waals surface area contributed by atoms with Gasteiger partial charge in [0.2, 0.25) is 5.91 Å². The van der Waals surface area contributed by atoms with E-state index in [0.29, 0.717) is 0 Å². The van der Waals surface area contributed by atoms with Crippen LogP contribution >= 0.6 is 11.8 Å². The van der Waals surface area contributed by atoms with E-state index < -0.39 is 0 Å². The first-order valence-corrected chi connectivity index (χ1v) is 7.82. The number of hydrogen-bond donors (Lipinski definition) is 2. The molecule has 2 rings (SSSR count). The maximum absolute atomic E-state index is 12.1. The lowest BCUT2D eigenvalue weighted by Crippen LogP contribution is -2.22. The highest BCUT2D eigenvalue weighted by Crippen LogP contribution is 2.25. The normalized spacial score (nSPS) is 13.5. The summed E-state index contributed by atoms with van der Waals surface area (Å²) in [7, 11) is 0. The second-order valence-corrected chi connectivity index (χ2v) is 6.39. The molecule has 0 spiro atoms. The molecule has 3 N–H and O–H groups in total. The molecule has 3 nitrogen and oxygen atoms in total. The lowest BCUT2D eigenvalue weighted by Gasteiger charge is -2.13. The summed E-state index contributed by atoms with van der Waals surface area (Å²) < 4.78 is 0. The third-order valence-corrected chi connectivity index (χ3v) is 4.24. The van der Waals surface area contributed by atoms with Gasteiger partial charge < -0.3 is 11.1 Å². The lowest BCUT2D eigenvalue weighted by molar-refractivity contribution is -0.115. The molecule has 0 bridgehead atoms. The van der Waals surface area contributed by atoms with Gasteiger partial charge in [-0.1, -0.05) is 30.3 Å². The van der Waals surface area contributed by atoms with Crippen molar-refractivity contribution in [2.24, 2.45) is 5.73 Å². The van der Waals surface area contributed by atoms with E-state index in [0.717, 1.165) is 16.1 Å². The van der Waals surface area contributed by atoms with E-state index in [-0.39, 0.29) is 17.2 Å². The van der Waals surface area contributed by atoms with Crippen molar-refractivity contribution in [3.8, 4) is 0 Å². The molecular formula is C17H20N2OS. The lowest BCUT2D eigenvalue weighted by atomic mass is 10.1. The zero-order chi connectivity index (χ0) is 15.2. The van der Waals surface area contributed by atoms with E-state index in [4.69, 9.17) is 5.73 Å². The fourth-order valence-electron chi connectivity index (χ4n) is 1.87. The molecule has 110 valence electrons. The van der Waals surface area contributed by atoms with Gasteiger partial charge >= 0.3 is 0 Å². The number of anilines is 1. The first-order chi connectivity index (χ1) is 10.1. The minimum absolute atomic E-state index is 0.00229. The summed E-state index contributed by atoms with van der Waals surface area (Å²) in [5.74, 6) is 0.00229. The molecule has 2 aromatic rings. The number of carbonyl (C=O) groups excluding carboxylic acids is 1. The summed E-state index contributed by atoms with van der Waals surface area (Å²) in [6, 6.07) is 17.6. The number of nitrogens with two attached hydrogens (primary N) is 1. The second kappa shape index (κ2) is 7.29. The van der Waals surface area contributed by atoms with Crippen molar-refractivity contribution in [1.82, 2.24) is 0 Å². The van der Waals surface area contributed by atoms with Crippen LogP contribution in [-0.4, -0.2) is 11.2 Å². The Morgan fingerprint density at radius 3 is 2.24 bits per heavy atom. The Labute approximate surface area is 129 Å². The fraction of sp³-hybridized carbons (Fsp3) is 0.235. The second-order valence-electron chi connectivity index (χ2n) is 4.97. The molecule has 0 saturated heterocycles. The van der Waals surface area contributed by atoms with Gasteiger partial charge in [-0.25, -0.2) is 0 Å². The summed E-state index contributed by atoms with van der Waals surface area (Å²) >= 11 is 1.54. The first kappa shape index (κ1) is 15.6. The molecule has 2 atom stereocenters. The predicted octanol–water partition coefficient (Wildman–Crippen LogP) is 3.83. The fourth-order valence-corrected chi connectivity index (χ4v) is 2.74. The molecule has 0 fully saturated rings. The van der Waals surface area contributed by atoms with Crippen molar-refractivity contribution >= 4 is 23.4 Å². The third-order valence-electron chi connectivity index (χ3n) is 3.13. The number of carbonyl (C=O) groups is 1. The molecule has 21 heavy (non-hydrogen) atoms. The predicted molar refractivity (Wildman–Crippen MR) is 89.4 cm³/mol. The first-order valence-electron chi connectivity index (χ1n) is 6.94. The molecule has 0 aliphatic carbocycles. The molecule has 0 aliphatic rings. The van der Waals surface area contributed by atoms with Crippen molar-refractivity contribution in [2.45, 2.75) is 30.0 Å². The van der Waals surface area contributed by atoms with Gasteiger partial charge in [-0.15, -0.1) is 11.8 Å². The molecule has 1 amide bonds. The average Bonchev–Trinajstić information content (AvgIpc) is 2.48. The Morgan fingerprint density at radius 1 is 1.05 bits per heavy atom. The van der Waals surface area contributed by atoms with Crippen molar-refractivity contribution in [1.29, 1.82) is 0 Å². The van der Waals surface area contributed by atoms with Gasteiger partial charge in [0, 0.05) is 16.6 Å². The number of benzene rings is 2. The van der Waals surface area contributed by atoms with Crippen molar-refractivity contribution in [3.05, 3.63) is 60.2 Å². The molecule has 4 heteroatoms. The molecule has 2 aromatic carbocycles. The number of rotatable bonds is 5. The van der Waals surface area contributed by atoms with Gasteiger partial charge in [-0.2, -0.15) is 0 Å². The monoisotopic (exact) mass is 300 g/mol. The van der Waals surface area contributed by atoms with Gasteiger partial charge in [0.1, 0.15) is 0 Å². The maximum atomic E-state index is 12.1. The van der Waals surface area contributed by atoms with Gasteiger partial charge in [0.05, 0.1) is 5.25 Å². The van der Waals surface area contributed by atoms with Crippen LogP contribution in [0.25, 0.3) is 0 Å². The summed E-state index contributed by atoms with van der Waals surface area (Å²) in [6.45, 7) is 3.86. The smallest absolute Gasteiger partial charge is 0.237 e. The zero-order valence-corrected chi connectivity index (χ0v) is 13.1. The van der Waals surface area contributed by atoms with Crippen LogP contribution in [0.3, 0.4) is 0 Å². The van der Waals surface area contributed by atoms with E-state index in [1.165, 1.54) is 11.8 Å². The number of thioether (sulfide) groups is 1. The Hall–Kier alpha value is -1.78. The Balaban J connectivity index is 1.94. The SMILES string of the molecule is CC(Sc1ccc(C(C)N)cc1)C(=O)Nc1ccccc1. The summed E-state index contributed by atoms with van der Waals surface area (Å²) in [5, 5.41) is 2.75. The van der Waals surface area contributed by atoms with Crippen LogP contribution in [0.15, 0.2) is 59.5 Å². The van der Waals surface area contributed by atoms with Gasteiger partial charge in [-0.05, 0) is 43.7 Å². The van der Waals surface area contributed by atoms with Crippen LogP contribution in [0.1, 0.15) is 25.5 Å². The standard InChI is InChI=1S/C17H20N2OS/c1-12(18)14-8-10-16(11-9-14)21-13(2)17(20)19-15-6-4-3-5-7-15/h3-13H,18H2,1-2H3,(H,19,20). The summed E-state index contributed by atoms with van der Waals surface area (Å²) in [4.78, 5) is 13.2. The molecule has 0 saturated carbocycles. The van der Waals surface area contributed by atoms with Crippen molar-refractivity contribution in [2.75, 3.05) is 5.32 Å². The Bertz CT molecular complexity index is 581. The minimum Gasteiger partial charge on any atom is -0.325 e. The highest BCUT2D eigenvalue weighted by molar-refractivity contribution is 8.00. The molecule has 0 aromatic heterocycles. The topological polar surface area (TPSA) is 55.1 Å². The largest absolute Gasteiger partial charge is 0.325 e. The molecular weight excluding hydrogens is 280 g/mol. The zero-order valence-electron chi connectivity index (χ0n) is 12.2. The van der Waals surface area contributed by atoms with E-state index in [9.17, 15) is 4.79 Å². The van der Waals surface area contributed by atoms with Gasteiger partial charge in [-0.3, -0.25) is 4.79 Å². The van der Waals surface area contributed by atoms with Gasteiger partial charge in [0.25, 0.3) is 0 Å². The number of hydrogen-bond acceptors (Lipinski definition) is 3. The highest BCUT2D eigenvalue weighted by Gasteiger charge is 2.14. The third kappa shape index (κ3) is 4.62. The summed E-state index contributed by atoms with van der Waals surface area (Å²) in [6.07, 6.45) is 0. The Morgan fingerprint density at radius 2 is 1.67 bits per heavy atom. The van der Waals surface area contributed by atoms with Crippen LogP contribution in [0.5, 0.6) is 0 Å². The van der Waals surface area contributed by atoms with Crippen LogP contribution in [0.4, 0.5) is 5.69 Å². The average molecular weight is 300 g/mol. The minimum atomic E-state index is -0.161. The van der Waals surface area contributed by atoms with Crippen molar-refractivity contribution in [3.63, 3.8) is 0 Å². The molecule has 2 unspecified atom stereocenters. The van der Waals surface area contributed by atoms with Crippen LogP contribution in [-0.2, 0) is 4.79 Å². The van der Waals surface area contributed by atoms with E-state index >= 15 is 0 Å². The van der Waals surface area contributed by atoms with Gasteiger partial charge in [0.15, 0.2) is 0 Å². The number of amides is 1. The van der Waals surface area contributed by atoms with Crippen LogP contribution in [0, 0.1) is 0 Å². The van der Waals surface area contributed by atoms with E-state index in [1.54, 1.807) is 0 Å².